The molecule has 1 aromatic carbocycles. The average Bonchev–Trinajstić information content (AvgIpc) is 2.63. The van der Waals surface area contributed by atoms with Crippen molar-refractivity contribution in [3.63, 3.8) is 0 Å². The first-order chi connectivity index (χ1) is 12.4. The number of pyridine rings is 1. The van der Waals surface area contributed by atoms with E-state index in [2.05, 4.69) is 24.1 Å². The predicted octanol–water partition coefficient (Wildman–Crippen LogP) is 4.66. The fraction of sp³-hybridized carbons (Fsp3) is 0.400. The molecule has 0 fully saturated rings. The third-order valence-electron chi connectivity index (χ3n) is 3.99. The van der Waals surface area contributed by atoms with E-state index in [0.29, 0.717) is 34.6 Å². The van der Waals surface area contributed by atoms with Gasteiger partial charge in [-0.15, -0.1) is 0 Å². The summed E-state index contributed by atoms with van der Waals surface area (Å²) >= 11 is 6.33. The Morgan fingerprint density at radius 3 is 2.54 bits per heavy atom. The summed E-state index contributed by atoms with van der Waals surface area (Å²) in [5.41, 5.74) is 1.39. The van der Waals surface area contributed by atoms with Crippen molar-refractivity contribution in [2.75, 3.05) is 13.7 Å². The molecule has 0 aliphatic heterocycles. The Bertz CT molecular complexity index is 735. The summed E-state index contributed by atoms with van der Waals surface area (Å²) < 4.78 is 11.1. The molecule has 1 unspecified atom stereocenters. The lowest BCUT2D eigenvalue weighted by Gasteiger charge is -2.17. The van der Waals surface area contributed by atoms with Crippen LogP contribution < -0.4 is 14.8 Å². The van der Waals surface area contributed by atoms with Gasteiger partial charge < -0.3 is 14.8 Å². The molecule has 1 atom stereocenters. The first kappa shape index (κ1) is 20.0. The highest BCUT2D eigenvalue weighted by Crippen LogP contribution is 2.36. The van der Waals surface area contributed by atoms with Gasteiger partial charge in [-0.2, -0.15) is 0 Å². The number of aromatic nitrogens is 1. The van der Waals surface area contributed by atoms with Crippen molar-refractivity contribution in [1.82, 2.24) is 10.3 Å². The van der Waals surface area contributed by atoms with Crippen molar-refractivity contribution in [2.45, 2.75) is 33.2 Å². The van der Waals surface area contributed by atoms with E-state index in [4.69, 9.17) is 21.1 Å². The predicted molar refractivity (Wildman–Crippen MR) is 103 cm³/mol. The lowest BCUT2D eigenvalue weighted by Crippen LogP contribution is -2.26. The van der Waals surface area contributed by atoms with E-state index in [1.165, 1.54) is 7.11 Å². The van der Waals surface area contributed by atoms with Gasteiger partial charge in [0.05, 0.1) is 24.8 Å². The van der Waals surface area contributed by atoms with Gasteiger partial charge in [-0.3, -0.25) is 9.78 Å². The van der Waals surface area contributed by atoms with E-state index in [0.717, 1.165) is 12.0 Å². The van der Waals surface area contributed by atoms with E-state index in [9.17, 15) is 4.79 Å². The fourth-order valence-corrected chi connectivity index (χ4v) is 2.67. The third-order valence-corrected chi connectivity index (χ3v) is 4.27. The van der Waals surface area contributed by atoms with E-state index in [-0.39, 0.29) is 11.9 Å². The molecule has 1 heterocycles. The van der Waals surface area contributed by atoms with Crippen molar-refractivity contribution >= 4 is 17.5 Å². The Morgan fingerprint density at radius 2 is 1.92 bits per heavy atom. The summed E-state index contributed by atoms with van der Waals surface area (Å²) in [4.78, 5) is 16.6. The number of nitrogens with zero attached hydrogens (tertiary/aromatic N) is 1. The molecule has 0 bridgehead atoms. The number of hydrogen-bond donors (Lipinski definition) is 1. The van der Waals surface area contributed by atoms with Crippen LogP contribution in [0.25, 0.3) is 0 Å². The first-order valence-electron chi connectivity index (χ1n) is 8.63. The summed E-state index contributed by atoms with van der Waals surface area (Å²) in [7, 11) is 1.53. The van der Waals surface area contributed by atoms with Crippen LogP contribution in [0.5, 0.6) is 11.5 Å². The summed E-state index contributed by atoms with van der Waals surface area (Å²) in [6, 6.07) is 6.82. The minimum absolute atomic E-state index is 0.155. The van der Waals surface area contributed by atoms with Crippen LogP contribution >= 0.6 is 11.6 Å². The van der Waals surface area contributed by atoms with Crippen LogP contribution in [0.2, 0.25) is 5.02 Å². The molecule has 140 valence electrons. The van der Waals surface area contributed by atoms with Gasteiger partial charge in [0.25, 0.3) is 5.91 Å². The average molecular weight is 377 g/mol. The second-order valence-corrected chi connectivity index (χ2v) is 6.90. The number of nitrogens with one attached hydrogen (secondary N) is 1. The van der Waals surface area contributed by atoms with Gasteiger partial charge in [0.15, 0.2) is 11.5 Å². The second kappa shape index (κ2) is 9.43. The number of ether oxygens (including phenoxy) is 2. The molecule has 26 heavy (non-hydrogen) atoms. The van der Waals surface area contributed by atoms with E-state index >= 15 is 0 Å². The van der Waals surface area contributed by atoms with Crippen LogP contribution in [0.3, 0.4) is 0 Å². The molecule has 0 radical (unpaired) electrons. The van der Waals surface area contributed by atoms with Crippen LogP contribution in [0, 0.1) is 5.92 Å². The van der Waals surface area contributed by atoms with Crippen molar-refractivity contribution in [2.24, 2.45) is 5.92 Å². The van der Waals surface area contributed by atoms with Gasteiger partial charge in [-0.05, 0) is 49.1 Å². The number of hydrogen-bond acceptors (Lipinski definition) is 4. The van der Waals surface area contributed by atoms with Gasteiger partial charge >= 0.3 is 0 Å². The van der Waals surface area contributed by atoms with E-state index < -0.39 is 0 Å². The molecule has 1 aromatic heterocycles. The molecule has 5 nitrogen and oxygen atoms in total. The highest BCUT2D eigenvalue weighted by atomic mass is 35.5. The smallest absolute Gasteiger partial charge is 0.251 e. The molecule has 1 N–H and O–H groups in total. The van der Waals surface area contributed by atoms with E-state index in [1.807, 2.05) is 19.1 Å². The quantitative estimate of drug-likeness (QED) is 0.727. The Morgan fingerprint density at radius 1 is 1.23 bits per heavy atom. The number of benzene rings is 1. The van der Waals surface area contributed by atoms with Crippen LogP contribution in [-0.4, -0.2) is 24.6 Å². The molecular weight excluding hydrogens is 352 g/mol. The number of carbonyl (C=O) groups is 1. The van der Waals surface area contributed by atoms with Gasteiger partial charge in [0, 0.05) is 18.0 Å². The first-order valence-corrected chi connectivity index (χ1v) is 9.01. The zero-order valence-electron chi connectivity index (χ0n) is 15.6. The zero-order chi connectivity index (χ0) is 19.1. The van der Waals surface area contributed by atoms with Crippen LogP contribution in [0.15, 0.2) is 36.7 Å². The normalized spacial score (nSPS) is 11.9. The van der Waals surface area contributed by atoms with E-state index in [1.54, 1.807) is 24.5 Å². The molecule has 0 spiro atoms. The Hall–Kier alpha value is -2.27. The topological polar surface area (TPSA) is 60.5 Å². The standard InChI is InChI=1S/C20H25ClN2O3/c1-13(2)7-10-26-19-17(21)11-16(12-18(19)25-4)20(24)23-14(3)15-5-8-22-9-6-15/h5-6,8-9,11-14H,7,10H2,1-4H3,(H,23,24). The molecule has 2 aromatic rings. The SMILES string of the molecule is COc1cc(C(=O)NC(C)c2ccncc2)cc(Cl)c1OCCC(C)C. The maximum absolute atomic E-state index is 12.6. The van der Waals surface area contributed by atoms with Gasteiger partial charge in [-0.25, -0.2) is 0 Å². The highest BCUT2D eigenvalue weighted by Gasteiger charge is 2.18. The lowest BCUT2D eigenvalue weighted by atomic mass is 10.1. The van der Waals surface area contributed by atoms with Crippen molar-refractivity contribution in [3.05, 3.63) is 52.8 Å². The Labute approximate surface area is 159 Å². The maximum atomic E-state index is 12.6. The summed E-state index contributed by atoms with van der Waals surface area (Å²) in [6.45, 7) is 6.70. The van der Waals surface area contributed by atoms with Crippen molar-refractivity contribution < 1.29 is 14.3 Å². The summed E-state index contributed by atoms with van der Waals surface area (Å²) in [5, 5.41) is 3.30. The van der Waals surface area contributed by atoms with Gasteiger partial charge in [-0.1, -0.05) is 25.4 Å². The Balaban J connectivity index is 2.14. The zero-order valence-corrected chi connectivity index (χ0v) is 16.3. The minimum atomic E-state index is -0.233. The van der Waals surface area contributed by atoms with Gasteiger partial charge in [0.2, 0.25) is 0 Å². The molecular formula is C20H25ClN2O3. The largest absolute Gasteiger partial charge is 0.493 e. The molecule has 0 aliphatic rings. The molecule has 2 rings (SSSR count). The van der Waals surface area contributed by atoms with Crippen molar-refractivity contribution in [1.29, 1.82) is 0 Å². The maximum Gasteiger partial charge on any atom is 0.251 e. The molecule has 6 heteroatoms. The van der Waals surface area contributed by atoms with Crippen LogP contribution in [0.4, 0.5) is 0 Å². The molecule has 1 amide bonds. The highest BCUT2D eigenvalue weighted by molar-refractivity contribution is 6.32. The molecule has 0 aliphatic carbocycles. The molecule has 0 saturated carbocycles. The number of halogens is 1. The van der Waals surface area contributed by atoms with Crippen molar-refractivity contribution in [3.8, 4) is 11.5 Å². The lowest BCUT2D eigenvalue weighted by molar-refractivity contribution is 0.0939. The number of methoxy groups -OCH3 is 1. The fourth-order valence-electron chi connectivity index (χ4n) is 2.40. The summed E-state index contributed by atoms with van der Waals surface area (Å²) in [5.74, 6) is 1.21. The minimum Gasteiger partial charge on any atom is -0.493 e. The van der Waals surface area contributed by atoms with Crippen LogP contribution in [-0.2, 0) is 0 Å². The monoisotopic (exact) mass is 376 g/mol. The number of carbonyl (C=O) groups excluding carboxylic acids is 1. The molecule has 0 saturated heterocycles. The van der Waals surface area contributed by atoms with Gasteiger partial charge in [0.1, 0.15) is 0 Å². The Kier molecular flexibility index (Phi) is 7.27. The number of amides is 1. The van der Waals surface area contributed by atoms with Crippen LogP contribution in [0.1, 0.15) is 49.2 Å². The number of rotatable bonds is 8. The third kappa shape index (κ3) is 5.36. The second-order valence-electron chi connectivity index (χ2n) is 6.50. The summed E-state index contributed by atoms with van der Waals surface area (Å²) in [6.07, 6.45) is 4.30.